The highest BCUT2D eigenvalue weighted by atomic mass is 16.6. The van der Waals surface area contributed by atoms with Crippen LogP contribution in [0.15, 0.2) is 36.0 Å². The van der Waals surface area contributed by atoms with Crippen molar-refractivity contribution >= 4 is 11.8 Å². The van der Waals surface area contributed by atoms with Crippen LogP contribution in [0.5, 0.6) is 5.75 Å². The predicted molar refractivity (Wildman–Crippen MR) is 101 cm³/mol. The van der Waals surface area contributed by atoms with Crippen molar-refractivity contribution in [3.05, 3.63) is 36.0 Å². The average molecular weight is 368 g/mol. The summed E-state index contributed by atoms with van der Waals surface area (Å²) in [6, 6.07) is 10.8. The first-order valence-corrected chi connectivity index (χ1v) is 8.82. The number of nitrogens with one attached hydrogen (secondary N) is 1. The number of nitriles is 2. The summed E-state index contributed by atoms with van der Waals surface area (Å²) in [7, 11) is 0. The van der Waals surface area contributed by atoms with Crippen molar-refractivity contribution in [1.29, 1.82) is 10.5 Å². The van der Waals surface area contributed by atoms with E-state index in [2.05, 4.69) is 5.32 Å². The fourth-order valence-electron chi connectivity index (χ4n) is 2.62. The Balaban J connectivity index is 1.98. The molecule has 7 nitrogen and oxygen atoms in total. The maximum Gasteiger partial charge on any atom is 0.410 e. The number of benzene rings is 1. The molecule has 0 radical (unpaired) electrons. The molecule has 1 aromatic carbocycles. The van der Waals surface area contributed by atoms with Crippen LogP contribution >= 0.6 is 0 Å². The number of hydrogen-bond acceptors (Lipinski definition) is 6. The van der Waals surface area contributed by atoms with Gasteiger partial charge in [-0.2, -0.15) is 10.5 Å². The Morgan fingerprint density at radius 1 is 1.33 bits per heavy atom. The molecule has 0 aromatic heterocycles. The van der Waals surface area contributed by atoms with Crippen molar-refractivity contribution in [2.24, 2.45) is 0 Å². The number of allylic oxidation sites excluding steroid dienone is 1. The van der Waals surface area contributed by atoms with Gasteiger partial charge in [0, 0.05) is 24.5 Å². The number of carbonyl (C=O) groups excluding carboxylic acids is 1. The van der Waals surface area contributed by atoms with Gasteiger partial charge in [-0.3, -0.25) is 0 Å². The SMILES string of the molecule is CC(C)(C)OC(=O)N1CCCC(Oc2cccc(NC=C(C#N)C#N)c2)C1. The lowest BCUT2D eigenvalue weighted by Gasteiger charge is -2.34. The quantitative estimate of drug-likeness (QED) is 0.812. The van der Waals surface area contributed by atoms with Crippen molar-refractivity contribution in [3.63, 3.8) is 0 Å². The number of hydrogen-bond donors (Lipinski definition) is 1. The van der Waals surface area contributed by atoms with Crippen LogP contribution in [0.1, 0.15) is 33.6 Å². The first kappa shape index (κ1) is 20.1. The Bertz CT molecular complexity index is 768. The number of rotatable bonds is 4. The fourth-order valence-corrected chi connectivity index (χ4v) is 2.62. The van der Waals surface area contributed by atoms with E-state index in [0.29, 0.717) is 24.5 Å². The zero-order chi connectivity index (χ0) is 19.9. The number of amides is 1. The molecule has 7 heteroatoms. The lowest BCUT2D eigenvalue weighted by Crippen LogP contribution is -2.46. The Kier molecular flexibility index (Phi) is 6.67. The van der Waals surface area contributed by atoms with E-state index < -0.39 is 5.60 Å². The van der Waals surface area contributed by atoms with Gasteiger partial charge in [-0.15, -0.1) is 0 Å². The van der Waals surface area contributed by atoms with Crippen molar-refractivity contribution in [2.45, 2.75) is 45.3 Å². The van der Waals surface area contributed by atoms with Gasteiger partial charge in [-0.1, -0.05) is 6.07 Å². The van der Waals surface area contributed by atoms with Crippen molar-refractivity contribution < 1.29 is 14.3 Å². The standard InChI is InChI=1S/C20H24N4O3/c1-20(2,3)27-19(25)24-9-5-8-18(14-24)26-17-7-4-6-16(10-17)23-13-15(11-21)12-22/h4,6-7,10,13,18,23H,5,8-9,14H2,1-3H3. The normalized spacial score (nSPS) is 16.5. The molecule has 0 saturated carbocycles. The first-order valence-electron chi connectivity index (χ1n) is 8.82. The molecule has 0 spiro atoms. The molecule has 1 saturated heterocycles. The number of carbonyl (C=O) groups is 1. The number of nitrogens with zero attached hydrogens (tertiary/aromatic N) is 3. The average Bonchev–Trinajstić information content (AvgIpc) is 2.62. The first-order chi connectivity index (χ1) is 12.8. The third kappa shape index (κ3) is 6.56. The van der Waals surface area contributed by atoms with Gasteiger partial charge < -0.3 is 19.7 Å². The Morgan fingerprint density at radius 2 is 2.07 bits per heavy atom. The summed E-state index contributed by atoms with van der Waals surface area (Å²) in [6.45, 7) is 6.67. The molecular weight excluding hydrogens is 344 g/mol. The Labute approximate surface area is 159 Å². The zero-order valence-corrected chi connectivity index (χ0v) is 15.9. The highest BCUT2D eigenvalue weighted by Gasteiger charge is 2.28. The van der Waals surface area contributed by atoms with Crippen molar-refractivity contribution in [3.8, 4) is 17.9 Å². The lowest BCUT2D eigenvalue weighted by atomic mass is 10.1. The van der Waals surface area contributed by atoms with E-state index in [1.54, 1.807) is 23.1 Å². The van der Waals surface area contributed by atoms with Crippen LogP contribution in [-0.2, 0) is 4.74 Å². The van der Waals surface area contributed by atoms with E-state index in [-0.39, 0.29) is 17.8 Å². The minimum absolute atomic E-state index is 0.0124. The van der Waals surface area contributed by atoms with Gasteiger partial charge in [0.15, 0.2) is 0 Å². The van der Waals surface area contributed by atoms with Crippen LogP contribution in [-0.4, -0.2) is 35.8 Å². The minimum Gasteiger partial charge on any atom is -0.489 e. The largest absolute Gasteiger partial charge is 0.489 e. The molecule has 2 rings (SSSR count). The van der Waals surface area contributed by atoms with Gasteiger partial charge in [-0.25, -0.2) is 4.79 Å². The van der Waals surface area contributed by atoms with Gasteiger partial charge in [0.25, 0.3) is 0 Å². The van der Waals surface area contributed by atoms with Crippen molar-refractivity contribution in [1.82, 2.24) is 4.90 Å². The summed E-state index contributed by atoms with van der Waals surface area (Å²) in [4.78, 5) is 13.9. The van der Waals surface area contributed by atoms with Gasteiger partial charge in [0.05, 0.1) is 6.54 Å². The molecule has 1 fully saturated rings. The monoisotopic (exact) mass is 368 g/mol. The third-order valence-electron chi connectivity index (χ3n) is 3.79. The molecule has 0 aliphatic carbocycles. The summed E-state index contributed by atoms with van der Waals surface area (Å²) in [6.07, 6.45) is 2.61. The van der Waals surface area contributed by atoms with E-state index in [1.807, 2.05) is 39.0 Å². The molecule has 1 amide bonds. The Hall–Kier alpha value is -3.19. The third-order valence-corrected chi connectivity index (χ3v) is 3.79. The maximum atomic E-state index is 12.3. The van der Waals surface area contributed by atoms with Gasteiger partial charge in [-0.05, 0) is 45.7 Å². The van der Waals surface area contributed by atoms with Crippen molar-refractivity contribution in [2.75, 3.05) is 18.4 Å². The smallest absolute Gasteiger partial charge is 0.410 e. The maximum absolute atomic E-state index is 12.3. The molecule has 1 unspecified atom stereocenters. The fraction of sp³-hybridized carbons (Fsp3) is 0.450. The van der Waals surface area contributed by atoms with E-state index in [4.69, 9.17) is 20.0 Å². The van der Waals surface area contributed by atoms with Gasteiger partial charge in [0.1, 0.15) is 35.2 Å². The number of ether oxygens (including phenoxy) is 2. The minimum atomic E-state index is -0.524. The van der Waals surface area contributed by atoms with Crippen LogP contribution < -0.4 is 10.1 Å². The summed E-state index contributed by atoms with van der Waals surface area (Å²) < 4.78 is 11.5. The van der Waals surface area contributed by atoms with Crippen LogP contribution in [0.2, 0.25) is 0 Å². The van der Waals surface area contributed by atoms with E-state index in [1.165, 1.54) is 6.20 Å². The summed E-state index contributed by atoms with van der Waals surface area (Å²) in [5.74, 6) is 0.653. The topological polar surface area (TPSA) is 98.4 Å². The predicted octanol–water partition coefficient (Wildman–Crippen LogP) is 3.81. The molecule has 1 heterocycles. The van der Waals surface area contributed by atoms with Gasteiger partial charge >= 0.3 is 6.09 Å². The second-order valence-electron chi connectivity index (χ2n) is 7.26. The van der Waals surface area contributed by atoms with Crippen LogP contribution in [0.25, 0.3) is 0 Å². The zero-order valence-electron chi connectivity index (χ0n) is 15.9. The van der Waals surface area contributed by atoms with Gasteiger partial charge in [0.2, 0.25) is 0 Å². The molecule has 1 aliphatic rings. The summed E-state index contributed by atoms with van der Waals surface area (Å²) in [5, 5.41) is 20.4. The molecule has 1 aromatic rings. The Morgan fingerprint density at radius 3 is 2.74 bits per heavy atom. The highest BCUT2D eigenvalue weighted by Crippen LogP contribution is 2.23. The lowest BCUT2D eigenvalue weighted by molar-refractivity contribution is 0.00776. The molecule has 1 aliphatic heterocycles. The molecule has 0 bridgehead atoms. The number of anilines is 1. The molecule has 27 heavy (non-hydrogen) atoms. The number of likely N-dealkylation sites (tertiary alicyclic amines) is 1. The van der Waals surface area contributed by atoms with E-state index in [9.17, 15) is 4.79 Å². The highest BCUT2D eigenvalue weighted by molar-refractivity contribution is 5.68. The summed E-state index contributed by atoms with van der Waals surface area (Å²) in [5.41, 5.74) is 0.168. The molecule has 142 valence electrons. The number of piperidine rings is 1. The second kappa shape index (κ2) is 8.95. The van der Waals surface area contributed by atoms with Crippen LogP contribution in [0, 0.1) is 22.7 Å². The molecule has 1 N–H and O–H groups in total. The van der Waals surface area contributed by atoms with E-state index in [0.717, 1.165) is 12.8 Å². The van der Waals surface area contributed by atoms with E-state index >= 15 is 0 Å². The molecular formula is C20H24N4O3. The molecule has 1 atom stereocenters. The summed E-state index contributed by atoms with van der Waals surface area (Å²) >= 11 is 0. The van der Waals surface area contributed by atoms with Crippen LogP contribution in [0.3, 0.4) is 0 Å². The second-order valence-corrected chi connectivity index (χ2v) is 7.26. The van der Waals surface area contributed by atoms with Crippen LogP contribution in [0.4, 0.5) is 10.5 Å².